The van der Waals surface area contributed by atoms with E-state index < -0.39 is 11.9 Å². The molecular formula is C19H15NO4. The van der Waals surface area contributed by atoms with Gasteiger partial charge in [-0.1, -0.05) is 24.3 Å². The highest BCUT2D eigenvalue weighted by Crippen LogP contribution is 2.08. The monoisotopic (exact) mass is 321 g/mol. The molecule has 0 saturated heterocycles. The van der Waals surface area contributed by atoms with Crippen LogP contribution in [0.4, 0.5) is 0 Å². The fourth-order valence-electron chi connectivity index (χ4n) is 1.89. The Morgan fingerprint density at radius 3 is 2.33 bits per heavy atom. The third kappa shape index (κ3) is 4.82. The highest BCUT2D eigenvalue weighted by Gasteiger charge is 2.04. The van der Waals surface area contributed by atoms with Gasteiger partial charge >= 0.3 is 11.9 Å². The highest BCUT2D eigenvalue weighted by atomic mass is 16.5. The van der Waals surface area contributed by atoms with Gasteiger partial charge in [0.15, 0.2) is 0 Å². The first-order chi connectivity index (χ1) is 11.6. The third-order valence-electron chi connectivity index (χ3n) is 3.21. The van der Waals surface area contributed by atoms with Crippen LogP contribution < -0.4 is 0 Å². The first kappa shape index (κ1) is 17.0. The van der Waals surface area contributed by atoms with Gasteiger partial charge in [-0.05, 0) is 41.5 Å². The van der Waals surface area contributed by atoms with Crippen molar-refractivity contribution in [2.24, 2.45) is 0 Å². The number of methoxy groups -OCH3 is 1. The van der Waals surface area contributed by atoms with E-state index in [0.29, 0.717) is 11.1 Å². The predicted molar refractivity (Wildman–Crippen MR) is 87.8 cm³/mol. The molecule has 2 aromatic carbocycles. The second-order valence-corrected chi connectivity index (χ2v) is 4.86. The fourth-order valence-corrected chi connectivity index (χ4v) is 1.89. The van der Waals surface area contributed by atoms with Gasteiger partial charge in [-0.3, -0.25) is 0 Å². The number of esters is 2. The Labute approximate surface area is 139 Å². The molecule has 5 heteroatoms. The first-order valence-corrected chi connectivity index (χ1v) is 7.14. The van der Waals surface area contributed by atoms with E-state index in [1.54, 1.807) is 54.6 Å². The van der Waals surface area contributed by atoms with Crippen molar-refractivity contribution in [1.82, 2.24) is 0 Å². The van der Waals surface area contributed by atoms with Gasteiger partial charge < -0.3 is 9.47 Å². The van der Waals surface area contributed by atoms with Crippen LogP contribution in [0.15, 0.2) is 54.6 Å². The number of rotatable bonds is 5. The standard InChI is InChI=1S/C19H15NO4/c1-23-19(22)17-9-6-14(7-10-17)8-11-18(21)24-13-16-4-2-15(12-20)3-5-16/h2-11H,13H2,1H3/b11-8+. The molecule has 0 heterocycles. The summed E-state index contributed by atoms with van der Waals surface area (Å²) in [5.74, 6) is -0.885. The predicted octanol–water partition coefficient (Wildman–Crippen LogP) is 3.10. The molecule has 0 spiro atoms. The van der Waals surface area contributed by atoms with Crippen LogP contribution in [0.5, 0.6) is 0 Å². The normalized spacial score (nSPS) is 10.2. The Morgan fingerprint density at radius 2 is 1.75 bits per heavy atom. The molecule has 0 bridgehead atoms. The number of hydrogen-bond donors (Lipinski definition) is 0. The number of ether oxygens (including phenoxy) is 2. The molecule has 0 radical (unpaired) electrons. The van der Waals surface area contributed by atoms with E-state index >= 15 is 0 Å². The minimum Gasteiger partial charge on any atom is -0.465 e. The highest BCUT2D eigenvalue weighted by molar-refractivity contribution is 5.90. The number of carbonyl (C=O) groups excluding carboxylic acids is 2. The number of carbonyl (C=O) groups is 2. The van der Waals surface area contributed by atoms with Crippen LogP contribution in [0.2, 0.25) is 0 Å². The Kier molecular flexibility index (Phi) is 5.87. The fraction of sp³-hybridized carbons (Fsp3) is 0.105. The lowest BCUT2D eigenvalue weighted by Gasteiger charge is -2.02. The third-order valence-corrected chi connectivity index (χ3v) is 3.21. The summed E-state index contributed by atoms with van der Waals surface area (Å²) >= 11 is 0. The Morgan fingerprint density at radius 1 is 1.08 bits per heavy atom. The van der Waals surface area contributed by atoms with E-state index in [-0.39, 0.29) is 6.61 Å². The van der Waals surface area contributed by atoms with Crippen molar-refractivity contribution < 1.29 is 19.1 Å². The molecule has 0 saturated carbocycles. The van der Waals surface area contributed by atoms with Crippen LogP contribution >= 0.6 is 0 Å². The molecule has 0 unspecified atom stereocenters. The lowest BCUT2D eigenvalue weighted by Crippen LogP contribution is -2.01. The van der Waals surface area contributed by atoms with E-state index in [4.69, 9.17) is 10.00 Å². The Hall–Kier alpha value is -3.39. The van der Waals surface area contributed by atoms with Gasteiger partial charge in [-0.2, -0.15) is 5.26 Å². The molecule has 5 nitrogen and oxygen atoms in total. The quantitative estimate of drug-likeness (QED) is 0.625. The maximum absolute atomic E-state index is 11.7. The van der Waals surface area contributed by atoms with E-state index in [1.807, 2.05) is 6.07 Å². The molecule has 0 aliphatic heterocycles. The van der Waals surface area contributed by atoms with Crippen LogP contribution in [0.25, 0.3) is 6.08 Å². The van der Waals surface area contributed by atoms with Gasteiger partial charge in [0.05, 0.1) is 24.3 Å². The molecule has 0 amide bonds. The molecule has 0 aromatic heterocycles. The lowest BCUT2D eigenvalue weighted by molar-refractivity contribution is -0.138. The summed E-state index contributed by atoms with van der Waals surface area (Å²) in [5.41, 5.74) is 2.56. The summed E-state index contributed by atoms with van der Waals surface area (Å²) in [6.07, 6.45) is 2.92. The molecule has 0 aliphatic rings. The zero-order valence-corrected chi connectivity index (χ0v) is 13.1. The van der Waals surface area contributed by atoms with E-state index in [0.717, 1.165) is 11.1 Å². The smallest absolute Gasteiger partial charge is 0.337 e. The van der Waals surface area contributed by atoms with Crippen molar-refractivity contribution in [3.63, 3.8) is 0 Å². The van der Waals surface area contributed by atoms with Gasteiger partial charge in [0, 0.05) is 6.08 Å². The lowest BCUT2D eigenvalue weighted by atomic mass is 10.1. The SMILES string of the molecule is COC(=O)c1ccc(/C=C/C(=O)OCc2ccc(C#N)cc2)cc1. The second-order valence-electron chi connectivity index (χ2n) is 4.86. The zero-order valence-electron chi connectivity index (χ0n) is 13.1. The molecule has 2 aromatic rings. The molecule has 0 N–H and O–H groups in total. The molecule has 2 rings (SSSR count). The van der Waals surface area contributed by atoms with Crippen molar-refractivity contribution >= 4 is 18.0 Å². The molecule has 0 fully saturated rings. The van der Waals surface area contributed by atoms with Crippen molar-refractivity contribution in [3.8, 4) is 6.07 Å². The maximum Gasteiger partial charge on any atom is 0.337 e. The number of nitrogens with zero attached hydrogens (tertiary/aromatic N) is 1. The molecule has 120 valence electrons. The summed E-state index contributed by atoms with van der Waals surface area (Å²) in [4.78, 5) is 23.0. The van der Waals surface area contributed by atoms with Crippen LogP contribution in [0.3, 0.4) is 0 Å². The van der Waals surface area contributed by atoms with Crippen molar-refractivity contribution in [2.45, 2.75) is 6.61 Å². The number of benzene rings is 2. The average molecular weight is 321 g/mol. The summed E-state index contributed by atoms with van der Waals surface area (Å²) in [6.45, 7) is 0.135. The largest absolute Gasteiger partial charge is 0.465 e. The van der Waals surface area contributed by atoms with Crippen molar-refractivity contribution in [3.05, 3.63) is 76.9 Å². The average Bonchev–Trinajstić information content (AvgIpc) is 2.64. The minimum absolute atomic E-state index is 0.135. The Balaban J connectivity index is 1.88. The first-order valence-electron chi connectivity index (χ1n) is 7.14. The van der Waals surface area contributed by atoms with Crippen molar-refractivity contribution in [1.29, 1.82) is 5.26 Å². The van der Waals surface area contributed by atoms with Crippen LogP contribution in [0, 0.1) is 11.3 Å². The molecule has 0 aliphatic carbocycles. The number of nitriles is 1. The summed E-state index contributed by atoms with van der Waals surface area (Å²) < 4.78 is 9.73. The maximum atomic E-state index is 11.7. The second kappa shape index (κ2) is 8.30. The summed E-state index contributed by atoms with van der Waals surface area (Å²) in [7, 11) is 1.32. The van der Waals surface area contributed by atoms with Gasteiger partial charge in [-0.25, -0.2) is 9.59 Å². The number of hydrogen-bond acceptors (Lipinski definition) is 5. The van der Waals surface area contributed by atoms with Crippen LogP contribution in [-0.4, -0.2) is 19.0 Å². The Bertz CT molecular complexity index is 784. The topological polar surface area (TPSA) is 76.4 Å². The molecule has 0 atom stereocenters. The van der Waals surface area contributed by atoms with Gasteiger partial charge in [0.2, 0.25) is 0 Å². The van der Waals surface area contributed by atoms with E-state index in [1.165, 1.54) is 13.2 Å². The van der Waals surface area contributed by atoms with Gasteiger partial charge in [0.25, 0.3) is 0 Å². The molecule has 24 heavy (non-hydrogen) atoms. The summed E-state index contributed by atoms with van der Waals surface area (Å²) in [6, 6.07) is 15.5. The van der Waals surface area contributed by atoms with Crippen LogP contribution in [-0.2, 0) is 20.9 Å². The van der Waals surface area contributed by atoms with Gasteiger partial charge in [0.1, 0.15) is 6.61 Å². The zero-order chi connectivity index (χ0) is 17.4. The van der Waals surface area contributed by atoms with Gasteiger partial charge in [-0.15, -0.1) is 0 Å². The molecular weight excluding hydrogens is 306 g/mol. The van der Waals surface area contributed by atoms with E-state index in [9.17, 15) is 9.59 Å². The van der Waals surface area contributed by atoms with Crippen molar-refractivity contribution in [2.75, 3.05) is 7.11 Å². The summed E-state index contributed by atoms with van der Waals surface area (Å²) in [5, 5.41) is 8.72. The van der Waals surface area contributed by atoms with E-state index in [2.05, 4.69) is 4.74 Å². The minimum atomic E-state index is -0.476. The van der Waals surface area contributed by atoms with Crippen LogP contribution in [0.1, 0.15) is 27.0 Å².